The molecule has 0 aliphatic heterocycles. The van der Waals surface area contributed by atoms with Crippen LogP contribution in [0.2, 0.25) is 0 Å². The molecule has 0 radical (unpaired) electrons. The summed E-state index contributed by atoms with van der Waals surface area (Å²) < 4.78 is 16.3. The van der Waals surface area contributed by atoms with E-state index in [0.717, 1.165) is 17.9 Å². The first kappa shape index (κ1) is 16.0. The minimum absolute atomic E-state index is 0.458. The minimum Gasteiger partial charge on any atom is -0.493 e. The van der Waals surface area contributed by atoms with Gasteiger partial charge in [-0.25, -0.2) is 0 Å². The second-order valence-corrected chi connectivity index (χ2v) is 6.48. The van der Waals surface area contributed by atoms with Gasteiger partial charge in [0.15, 0.2) is 11.5 Å². The van der Waals surface area contributed by atoms with Crippen molar-refractivity contribution in [2.75, 3.05) is 21.3 Å². The van der Waals surface area contributed by atoms with Crippen LogP contribution in [0.4, 0.5) is 0 Å². The number of benzene rings is 1. The lowest BCUT2D eigenvalue weighted by molar-refractivity contribution is 0.320. The largest absolute Gasteiger partial charge is 0.493 e. The molecule has 1 aliphatic carbocycles. The molecule has 4 nitrogen and oxygen atoms in total. The molecule has 21 heavy (non-hydrogen) atoms. The van der Waals surface area contributed by atoms with Gasteiger partial charge in [-0.15, -0.1) is 0 Å². The van der Waals surface area contributed by atoms with Crippen LogP contribution in [-0.4, -0.2) is 27.4 Å². The zero-order valence-corrected chi connectivity index (χ0v) is 13.8. The van der Waals surface area contributed by atoms with Crippen molar-refractivity contribution in [3.05, 3.63) is 17.7 Å². The van der Waals surface area contributed by atoms with Gasteiger partial charge < -0.3 is 19.5 Å². The van der Waals surface area contributed by atoms with E-state index in [1.165, 1.54) is 19.3 Å². The van der Waals surface area contributed by atoms with Gasteiger partial charge in [-0.1, -0.05) is 19.9 Å². The van der Waals surface area contributed by atoms with E-state index in [9.17, 15) is 0 Å². The van der Waals surface area contributed by atoms with Crippen molar-refractivity contribution in [1.82, 2.24) is 5.32 Å². The predicted octanol–water partition coefficient (Wildman–Crippen LogP) is 3.38. The molecule has 1 aromatic rings. The number of nitrogens with one attached hydrogen (secondary N) is 1. The maximum absolute atomic E-state index is 5.52. The molecular formula is C17H27NO3. The number of rotatable bonds is 6. The molecule has 1 fully saturated rings. The lowest BCUT2D eigenvalue weighted by atomic mass is 9.92. The van der Waals surface area contributed by atoms with Crippen molar-refractivity contribution in [2.45, 2.75) is 45.7 Å². The highest BCUT2D eigenvalue weighted by Gasteiger charge is 2.30. The lowest BCUT2D eigenvalue weighted by Gasteiger charge is -2.19. The zero-order chi connectivity index (χ0) is 15.5. The van der Waals surface area contributed by atoms with Crippen molar-refractivity contribution in [3.63, 3.8) is 0 Å². The van der Waals surface area contributed by atoms with E-state index in [1.807, 2.05) is 12.1 Å². The average molecular weight is 293 g/mol. The second kappa shape index (κ2) is 6.56. The molecule has 4 heteroatoms. The fourth-order valence-corrected chi connectivity index (χ4v) is 3.17. The van der Waals surface area contributed by atoms with Gasteiger partial charge in [0.1, 0.15) is 0 Å². The van der Waals surface area contributed by atoms with Gasteiger partial charge in [-0.3, -0.25) is 0 Å². The van der Waals surface area contributed by atoms with Crippen LogP contribution in [-0.2, 0) is 6.54 Å². The third kappa shape index (κ3) is 3.62. The molecule has 0 bridgehead atoms. The number of methoxy groups -OCH3 is 3. The van der Waals surface area contributed by atoms with Gasteiger partial charge in [0.05, 0.1) is 21.3 Å². The van der Waals surface area contributed by atoms with Crippen LogP contribution in [0.5, 0.6) is 17.2 Å². The van der Waals surface area contributed by atoms with Crippen LogP contribution < -0.4 is 19.5 Å². The van der Waals surface area contributed by atoms with E-state index in [0.29, 0.717) is 23.0 Å². The summed E-state index contributed by atoms with van der Waals surface area (Å²) in [6, 6.07) is 4.54. The molecule has 0 aromatic heterocycles. The molecule has 1 aliphatic rings. The van der Waals surface area contributed by atoms with Crippen LogP contribution in [0.3, 0.4) is 0 Å². The van der Waals surface area contributed by atoms with E-state index in [-0.39, 0.29) is 0 Å². The normalized spacial score (nSPS) is 20.3. The quantitative estimate of drug-likeness (QED) is 0.873. The Morgan fingerprint density at radius 3 is 2.33 bits per heavy atom. The Labute approximate surface area is 127 Å². The maximum atomic E-state index is 5.52. The Morgan fingerprint density at radius 2 is 1.81 bits per heavy atom. The predicted molar refractivity (Wildman–Crippen MR) is 84.4 cm³/mol. The monoisotopic (exact) mass is 293 g/mol. The summed E-state index contributed by atoms with van der Waals surface area (Å²) in [7, 11) is 4.94. The fraction of sp³-hybridized carbons (Fsp3) is 0.647. The molecule has 0 heterocycles. The van der Waals surface area contributed by atoms with Crippen LogP contribution in [0.1, 0.15) is 38.7 Å². The summed E-state index contributed by atoms with van der Waals surface area (Å²) >= 11 is 0. The van der Waals surface area contributed by atoms with E-state index in [4.69, 9.17) is 14.2 Å². The molecule has 1 unspecified atom stereocenters. The molecule has 1 N–H and O–H groups in total. The molecule has 0 amide bonds. The number of hydrogen-bond donors (Lipinski definition) is 1. The molecule has 2 rings (SSSR count). The minimum atomic E-state index is 0.458. The van der Waals surface area contributed by atoms with Gasteiger partial charge in [0, 0.05) is 18.2 Å². The Kier molecular flexibility index (Phi) is 4.99. The summed E-state index contributed by atoms with van der Waals surface area (Å²) in [6.07, 6.45) is 3.75. The second-order valence-electron chi connectivity index (χ2n) is 6.48. The van der Waals surface area contributed by atoms with Gasteiger partial charge >= 0.3 is 0 Å². The van der Waals surface area contributed by atoms with Crippen molar-refractivity contribution >= 4 is 0 Å². The first-order chi connectivity index (χ1) is 10.0. The SMILES string of the molecule is COc1ccc(CNC2CCC(C)(C)C2)c(OC)c1OC. The Bertz CT molecular complexity index is 485. The van der Waals surface area contributed by atoms with Crippen molar-refractivity contribution in [3.8, 4) is 17.2 Å². The summed E-state index contributed by atoms with van der Waals surface area (Å²) in [6.45, 7) is 5.46. The summed E-state index contributed by atoms with van der Waals surface area (Å²) in [5.74, 6) is 2.10. The molecule has 1 saturated carbocycles. The first-order valence-corrected chi connectivity index (χ1v) is 7.52. The highest BCUT2D eigenvalue weighted by Crippen LogP contribution is 2.40. The van der Waals surface area contributed by atoms with Gasteiger partial charge in [0.25, 0.3) is 0 Å². The van der Waals surface area contributed by atoms with Crippen LogP contribution in [0.25, 0.3) is 0 Å². The smallest absolute Gasteiger partial charge is 0.203 e. The van der Waals surface area contributed by atoms with Crippen molar-refractivity contribution in [1.29, 1.82) is 0 Å². The van der Waals surface area contributed by atoms with Gasteiger partial charge in [-0.2, -0.15) is 0 Å². The number of hydrogen-bond acceptors (Lipinski definition) is 4. The van der Waals surface area contributed by atoms with Gasteiger partial charge in [-0.05, 0) is 30.7 Å². The van der Waals surface area contributed by atoms with E-state index in [2.05, 4.69) is 19.2 Å². The van der Waals surface area contributed by atoms with E-state index >= 15 is 0 Å². The molecule has 1 aromatic carbocycles. The van der Waals surface area contributed by atoms with E-state index < -0.39 is 0 Å². The van der Waals surface area contributed by atoms with Crippen LogP contribution in [0.15, 0.2) is 12.1 Å². The third-order valence-corrected chi connectivity index (χ3v) is 4.34. The molecule has 1 atom stereocenters. The zero-order valence-electron chi connectivity index (χ0n) is 13.8. The highest BCUT2D eigenvalue weighted by molar-refractivity contribution is 5.55. The fourth-order valence-electron chi connectivity index (χ4n) is 3.17. The molecular weight excluding hydrogens is 266 g/mol. The summed E-state index contributed by atoms with van der Waals surface area (Å²) in [5, 5.41) is 3.64. The van der Waals surface area contributed by atoms with E-state index in [1.54, 1.807) is 21.3 Å². The standard InChI is InChI=1S/C17H27NO3/c1-17(2)9-8-13(10-17)18-11-12-6-7-14(19-3)16(21-5)15(12)20-4/h6-7,13,18H,8-11H2,1-5H3. The average Bonchev–Trinajstić information content (AvgIpc) is 2.83. The Hall–Kier alpha value is -1.42. The Balaban J connectivity index is 2.10. The van der Waals surface area contributed by atoms with Crippen molar-refractivity contribution < 1.29 is 14.2 Å². The van der Waals surface area contributed by atoms with Gasteiger partial charge in [0.2, 0.25) is 5.75 Å². The maximum Gasteiger partial charge on any atom is 0.203 e. The van der Waals surface area contributed by atoms with Crippen LogP contribution >= 0.6 is 0 Å². The molecule has 0 saturated heterocycles. The van der Waals surface area contributed by atoms with Crippen LogP contribution in [0, 0.1) is 5.41 Å². The highest BCUT2D eigenvalue weighted by atomic mass is 16.5. The molecule has 0 spiro atoms. The molecule has 118 valence electrons. The Morgan fingerprint density at radius 1 is 1.10 bits per heavy atom. The van der Waals surface area contributed by atoms with Crippen molar-refractivity contribution in [2.24, 2.45) is 5.41 Å². The summed E-state index contributed by atoms with van der Waals surface area (Å²) in [5.41, 5.74) is 1.55. The first-order valence-electron chi connectivity index (χ1n) is 7.52. The summed E-state index contributed by atoms with van der Waals surface area (Å²) in [4.78, 5) is 0. The number of ether oxygens (including phenoxy) is 3. The lowest BCUT2D eigenvalue weighted by Crippen LogP contribution is -2.27. The topological polar surface area (TPSA) is 39.7 Å². The third-order valence-electron chi connectivity index (χ3n) is 4.34.